The van der Waals surface area contributed by atoms with E-state index < -0.39 is 0 Å². The van der Waals surface area contributed by atoms with Gasteiger partial charge in [-0.15, -0.1) is 0 Å². The summed E-state index contributed by atoms with van der Waals surface area (Å²) >= 11 is 5.93. The van der Waals surface area contributed by atoms with E-state index in [4.69, 9.17) is 17.3 Å². The average Bonchev–Trinajstić information content (AvgIpc) is 2.33. The van der Waals surface area contributed by atoms with Crippen LogP contribution in [0.1, 0.15) is 45.1 Å². The summed E-state index contributed by atoms with van der Waals surface area (Å²) in [5.74, 6) is 0.257. The maximum Gasteiger partial charge on any atom is 0.126 e. The molecule has 3 heteroatoms. The second-order valence-corrected chi connectivity index (χ2v) is 6.88. The van der Waals surface area contributed by atoms with Crippen molar-refractivity contribution in [2.24, 2.45) is 17.1 Å². The van der Waals surface area contributed by atoms with Gasteiger partial charge in [-0.3, -0.25) is 0 Å². The van der Waals surface area contributed by atoms with Crippen molar-refractivity contribution in [2.75, 3.05) is 0 Å². The molecule has 1 aromatic carbocycles. The first-order valence-corrected chi connectivity index (χ1v) is 7.47. The molecule has 1 nitrogen and oxygen atoms in total. The molecule has 0 aliphatic heterocycles. The Morgan fingerprint density at radius 2 is 2.16 bits per heavy atom. The quantitative estimate of drug-likeness (QED) is 0.864. The van der Waals surface area contributed by atoms with Gasteiger partial charge in [-0.05, 0) is 54.4 Å². The van der Waals surface area contributed by atoms with E-state index in [0.29, 0.717) is 22.9 Å². The summed E-state index contributed by atoms with van der Waals surface area (Å²) in [6, 6.07) is 4.71. The first kappa shape index (κ1) is 14.8. The summed E-state index contributed by atoms with van der Waals surface area (Å²) in [4.78, 5) is 0. The molecule has 0 radical (unpaired) electrons. The number of nitrogens with two attached hydrogens (primary N) is 1. The fraction of sp³-hybridized carbons (Fsp3) is 0.625. The van der Waals surface area contributed by atoms with Crippen molar-refractivity contribution in [3.63, 3.8) is 0 Å². The van der Waals surface area contributed by atoms with E-state index in [2.05, 4.69) is 13.8 Å². The Balaban J connectivity index is 2.11. The van der Waals surface area contributed by atoms with Crippen LogP contribution in [0.2, 0.25) is 5.02 Å². The van der Waals surface area contributed by atoms with Crippen molar-refractivity contribution < 1.29 is 4.39 Å². The van der Waals surface area contributed by atoms with Crippen LogP contribution < -0.4 is 5.73 Å². The molecule has 1 aliphatic rings. The Morgan fingerprint density at radius 3 is 2.84 bits per heavy atom. The largest absolute Gasteiger partial charge is 0.327 e. The third-order valence-corrected chi connectivity index (χ3v) is 4.81. The van der Waals surface area contributed by atoms with Gasteiger partial charge in [0.25, 0.3) is 0 Å². The average molecular weight is 284 g/mol. The van der Waals surface area contributed by atoms with E-state index in [-0.39, 0.29) is 17.3 Å². The third kappa shape index (κ3) is 3.49. The number of rotatable bonds is 3. The first-order valence-electron chi connectivity index (χ1n) is 7.09. The highest BCUT2D eigenvalue weighted by atomic mass is 35.5. The molecule has 0 aromatic heterocycles. The summed E-state index contributed by atoms with van der Waals surface area (Å²) in [5.41, 5.74) is 7.26. The zero-order valence-electron chi connectivity index (χ0n) is 11.8. The van der Waals surface area contributed by atoms with Crippen LogP contribution in [-0.2, 0) is 6.42 Å². The molecule has 19 heavy (non-hydrogen) atoms. The first-order chi connectivity index (χ1) is 8.90. The zero-order chi connectivity index (χ0) is 14.0. The minimum Gasteiger partial charge on any atom is -0.327 e. The molecule has 2 atom stereocenters. The number of hydrogen-bond donors (Lipinski definition) is 1. The maximum atomic E-state index is 13.8. The van der Waals surface area contributed by atoms with Gasteiger partial charge in [0, 0.05) is 11.1 Å². The summed E-state index contributed by atoms with van der Waals surface area (Å²) in [6.07, 6.45) is 5.45. The molecular formula is C16H23ClFN. The SMILES string of the molecule is CC1(C)CCCCC1C(N)Cc1cc(Cl)ccc1F. The molecule has 1 aliphatic carbocycles. The molecule has 1 fully saturated rings. The van der Waals surface area contributed by atoms with Crippen LogP contribution in [0.5, 0.6) is 0 Å². The number of benzene rings is 1. The minimum absolute atomic E-state index is 0.00302. The van der Waals surface area contributed by atoms with Crippen molar-refractivity contribution in [2.45, 2.75) is 52.0 Å². The maximum absolute atomic E-state index is 13.8. The van der Waals surface area contributed by atoms with Crippen molar-refractivity contribution in [3.8, 4) is 0 Å². The molecule has 2 rings (SSSR count). The molecular weight excluding hydrogens is 261 g/mol. The van der Waals surface area contributed by atoms with Crippen molar-refractivity contribution >= 4 is 11.6 Å². The van der Waals surface area contributed by atoms with Gasteiger partial charge < -0.3 is 5.73 Å². The third-order valence-electron chi connectivity index (χ3n) is 4.57. The van der Waals surface area contributed by atoms with Crippen LogP contribution >= 0.6 is 11.6 Å². The van der Waals surface area contributed by atoms with Gasteiger partial charge in [-0.1, -0.05) is 38.3 Å². The normalized spacial score (nSPS) is 24.2. The van der Waals surface area contributed by atoms with Gasteiger partial charge in [0.05, 0.1) is 0 Å². The molecule has 0 spiro atoms. The lowest BCUT2D eigenvalue weighted by Crippen LogP contribution is -2.43. The second-order valence-electron chi connectivity index (χ2n) is 6.44. The minimum atomic E-state index is -0.200. The monoisotopic (exact) mass is 283 g/mol. The van der Waals surface area contributed by atoms with Crippen LogP contribution in [0.4, 0.5) is 4.39 Å². The summed E-state index contributed by atoms with van der Waals surface area (Å²) in [6.45, 7) is 4.57. The van der Waals surface area contributed by atoms with Crippen molar-refractivity contribution in [3.05, 3.63) is 34.6 Å². The predicted octanol–water partition coefficient (Wildman–Crippen LogP) is 4.57. The van der Waals surface area contributed by atoms with Crippen molar-refractivity contribution in [1.29, 1.82) is 0 Å². The zero-order valence-corrected chi connectivity index (χ0v) is 12.5. The topological polar surface area (TPSA) is 26.0 Å². The Hall–Kier alpha value is -0.600. The van der Waals surface area contributed by atoms with E-state index in [0.717, 1.165) is 6.42 Å². The lowest BCUT2D eigenvalue weighted by atomic mass is 9.65. The lowest BCUT2D eigenvalue weighted by Gasteiger charge is -2.42. The van der Waals surface area contributed by atoms with Gasteiger partial charge in [-0.25, -0.2) is 4.39 Å². The molecule has 0 amide bonds. The van der Waals surface area contributed by atoms with Crippen LogP contribution in [0.25, 0.3) is 0 Å². The van der Waals surface area contributed by atoms with E-state index in [1.165, 1.54) is 25.3 Å². The highest BCUT2D eigenvalue weighted by Crippen LogP contribution is 2.42. The van der Waals surface area contributed by atoms with E-state index in [1.54, 1.807) is 12.1 Å². The van der Waals surface area contributed by atoms with Crippen LogP contribution in [-0.4, -0.2) is 6.04 Å². The predicted molar refractivity (Wildman–Crippen MR) is 78.8 cm³/mol. The molecule has 2 N–H and O–H groups in total. The number of hydrogen-bond acceptors (Lipinski definition) is 1. The van der Waals surface area contributed by atoms with Crippen molar-refractivity contribution in [1.82, 2.24) is 0 Å². The van der Waals surface area contributed by atoms with Gasteiger partial charge >= 0.3 is 0 Å². The summed E-state index contributed by atoms with van der Waals surface area (Å²) in [5, 5.41) is 0.575. The molecule has 106 valence electrons. The molecule has 0 bridgehead atoms. The second kappa shape index (κ2) is 5.80. The Labute approximate surface area is 120 Å². The lowest BCUT2D eigenvalue weighted by molar-refractivity contribution is 0.112. The fourth-order valence-electron chi connectivity index (χ4n) is 3.41. The standard InChI is InChI=1S/C16H23ClFN/c1-16(2)8-4-3-5-13(16)15(19)10-11-9-12(17)6-7-14(11)18/h6-7,9,13,15H,3-5,8,10,19H2,1-2H3. The smallest absolute Gasteiger partial charge is 0.126 e. The Morgan fingerprint density at radius 1 is 1.42 bits per heavy atom. The Bertz CT molecular complexity index is 444. The van der Waals surface area contributed by atoms with Gasteiger partial charge in [0.1, 0.15) is 5.82 Å². The van der Waals surface area contributed by atoms with Crippen LogP contribution in [0, 0.1) is 17.2 Å². The molecule has 2 unspecified atom stereocenters. The highest BCUT2D eigenvalue weighted by Gasteiger charge is 2.36. The molecule has 0 saturated heterocycles. The van der Waals surface area contributed by atoms with E-state index >= 15 is 0 Å². The van der Waals surface area contributed by atoms with Crippen LogP contribution in [0.15, 0.2) is 18.2 Å². The van der Waals surface area contributed by atoms with Crippen LogP contribution in [0.3, 0.4) is 0 Å². The van der Waals surface area contributed by atoms with Gasteiger partial charge in [0.2, 0.25) is 0 Å². The Kier molecular flexibility index (Phi) is 4.52. The fourth-order valence-corrected chi connectivity index (χ4v) is 3.61. The molecule has 0 heterocycles. The van der Waals surface area contributed by atoms with Gasteiger partial charge in [0.15, 0.2) is 0 Å². The molecule has 1 aromatic rings. The number of halogens is 2. The molecule has 1 saturated carbocycles. The van der Waals surface area contributed by atoms with Gasteiger partial charge in [-0.2, -0.15) is 0 Å². The van der Waals surface area contributed by atoms with E-state index in [9.17, 15) is 4.39 Å². The summed E-state index contributed by atoms with van der Waals surface area (Å²) in [7, 11) is 0. The summed E-state index contributed by atoms with van der Waals surface area (Å²) < 4.78 is 13.8. The van der Waals surface area contributed by atoms with E-state index in [1.807, 2.05) is 0 Å². The highest BCUT2D eigenvalue weighted by molar-refractivity contribution is 6.30.